The first kappa shape index (κ1) is 14.9. The largest absolute Gasteiger partial charge is 0.490 e. The Morgan fingerprint density at radius 3 is 2.91 bits per heavy atom. The summed E-state index contributed by atoms with van der Waals surface area (Å²) in [5.41, 5.74) is 0.751. The number of para-hydroxylation sites is 1. The lowest BCUT2D eigenvalue weighted by molar-refractivity contribution is -0.125. The third-order valence-electron chi connectivity index (χ3n) is 4.34. The molecule has 118 valence electrons. The molecule has 0 aliphatic heterocycles. The van der Waals surface area contributed by atoms with Gasteiger partial charge in [0, 0.05) is 11.3 Å². The normalized spacial score (nSPS) is 16.8. The van der Waals surface area contributed by atoms with Crippen LogP contribution in [0.1, 0.15) is 51.3 Å². The first-order valence-electron chi connectivity index (χ1n) is 8.14. The average molecular weight is 301 g/mol. The van der Waals surface area contributed by atoms with Crippen molar-refractivity contribution in [2.24, 2.45) is 5.92 Å². The molecule has 1 fully saturated rings. The Morgan fingerprint density at radius 1 is 1.41 bits per heavy atom. The molecule has 0 saturated heterocycles. The summed E-state index contributed by atoms with van der Waals surface area (Å²) >= 11 is 0. The van der Waals surface area contributed by atoms with Gasteiger partial charge >= 0.3 is 0 Å². The Bertz CT molecular complexity index is 655. The van der Waals surface area contributed by atoms with Crippen LogP contribution in [0.4, 0.5) is 0 Å². The number of hydrogen-bond donors (Lipinski definition) is 1. The predicted molar refractivity (Wildman–Crippen MR) is 85.9 cm³/mol. The number of benzene rings is 1. The number of amides is 1. The fourth-order valence-corrected chi connectivity index (χ4v) is 3.13. The van der Waals surface area contributed by atoms with Crippen LogP contribution >= 0.6 is 0 Å². The molecule has 0 bridgehead atoms. The zero-order chi connectivity index (χ0) is 15.5. The van der Waals surface area contributed by atoms with E-state index in [2.05, 4.69) is 5.32 Å². The summed E-state index contributed by atoms with van der Waals surface area (Å²) in [6.07, 6.45) is 4.34. The molecule has 1 unspecified atom stereocenters. The van der Waals surface area contributed by atoms with Crippen molar-refractivity contribution in [1.82, 2.24) is 5.32 Å². The Balaban J connectivity index is 1.77. The summed E-state index contributed by atoms with van der Waals surface area (Å²) in [7, 11) is 0. The molecule has 1 aromatic carbocycles. The molecule has 1 aliphatic carbocycles. The third-order valence-corrected chi connectivity index (χ3v) is 4.34. The molecule has 1 amide bonds. The zero-order valence-corrected chi connectivity index (χ0v) is 13.2. The first-order valence-corrected chi connectivity index (χ1v) is 8.14. The van der Waals surface area contributed by atoms with Crippen LogP contribution in [0, 0.1) is 5.92 Å². The Morgan fingerprint density at radius 2 is 2.18 bits per heavy atom. The molecule has 1 N–H and O–H groups in total. The van der Waals surface area contributed by atoms with Crippen molar-refractivity contribution in [3.8, 4) is 5.75 Å². The number of ether oxygens (including phenoxy) is 1. The second-order valence-electron chi connectivity index (χ2n) is 5.97. The summed E-state index contributed by atoms with van der Waals surface area (Å²) in [5, 5.41) is 4.08. The van der Waals surface area contributed by atoms with E-state index in [0.717, 1.165) is 48.2 Å². The number of carbonyl (C=O) groups excluding carboxylic acids is 1. The van der Waals surface area contributed by atoms with Gasteiger partial charge in [0.15, 0.2) is 11.3 Å². The molecule has 0 spiro atoms. The molecule has 2 aromatic rings. The fraction of sp³-hybridized carbons (Fsp3) is 0.500. The lowest BCUT2D eigenvalue weighted by Crippen LogP contribution is -2.31. The van der Waals surface area contributed by atoms with Gasteiger partial charge in [-0.2, -0.15) is 0 Å². The minimum Gasteiger partial charge on any atom is -0.490 e. The highest BCUT2D eigenvalue weighted by atomic mass is 16.5. The molecule has 0 radical (unpaired) electrons. The summed E-state index contributed by atoms with van der Waals surface area (Å²) in [5.74, 6) is 1.84. The van der Waals surface area contributed by atoms with Gasteiger partial charge in [0.2, 0.25) is 5.91 Å². The van der Waals surface area contributed by atoms with Crippen LogP contribution in [0.5, 0.6) is 5.75 Å². The van der Waals surface area contributed by atoms with E-state index in [-0.39, 0.29) is 17.9 Å². The number of hydrogen-bond acceptors (Lipinski definition) is 3. The fourth-order valence-electron chi connectivity index (χ4n) is 3.13. The minimum absolute atomic E-state index is 0.130. The monoisotopic (exact) mass is 301 g/mol. The maximum absolute atomic E-state index is 12.2. The van der Waals surface area contributed by atoms with Gasteiger partial charge in [0.25, 0.3) is 0 Å². The van der Waals surface area contributed by atoms with Gasteiger partial charge in [-0.3, -0.25) is 4.79 Å². The summed E-state index contributed by atoms with van der Waals surface area (Å²) < 4.78 is 11.5. The van der Waals surface area contributed by atoms with Crippen molar-refractivity contribution < 1.29 is 13.9 Å². The lowest BCUT2D eigenvalue weighted by atomic mass is 10.1. The molecule has 4 nitrogen and oxygen atoms in total. The smallest absolute Gasteiger partial charge is 0.223 e. The molecule has 4 heteroatoms. The maximum atomic E-state index is 12.2. The van der Waals surface area contributed by atoms with Crippen LogP contribution in [0.25, 0.3) is 11.0 Å². The molecule has 22 heavy (non-hydrogen) atoms. The van der Waals surface area contributed by atoms with Crippen LogP contribution in [0.3, 0.4) is 0 Å². The van der Waals surface area contributed by atoms with Gasteiger partial charge in [0.1, 0.15) is 5.76 Å². The predicted octanol–water partition coefficient (Wildman–Crippen LogP) is 4.20. The summed E-state index contributed by atoms with van der Waals surface area (Å²) in [6, 6.07) is 7.71. The third kappa shape index (κ3) is 2.96. The number of rotatable bonds is 5. The molecule has 1 aliphatic rings. The Labute approximate surface area is 130 Å². The maximum Gasteiger partial charge on any atom is 0.223 e. The summed E-state index contributed by atoms with van der Waals surface area (Å²) in [6.45, 7) is 4.52. The van der Waals surface area contributed by atoms with E-state index in [0.29, 0.717) is 6.61 Å². The van der Waals surface area contributed by atoms with Crippen molar-refractivity contribution in [2.45, 2.75) is 45.6 Å². The highest BCUT2D eigenvalue weighted by Crippen LogP contribution is 2.32. The van der Waals surface area contributed by atoms with E-state index in [1.54, 1.807) is 0 Å². The highest BCUT2D eigenvalue weighted by molar-refractivity contribution is 5.84. The molecular weight excluding hydrogens is 278 g/mol. The molecule has 1 heterocycles. The second kappa shape index (κ2) is 6.42. The van der Waals surface area contributed by atoms with Crippen LogP contribution in [-0.2, 0) is 4.79 Å². The van der Waals surface area contributed by atoms with E-state index in [1.165, 1.54) is 0 Å². The molecular formula is C18H23NO3. The van der Waals surface area contributed by atoms with E-state index in [9.17, 15) is 4.79 Å². The number of nitrogens with one attached hydrogen (secondary N) is 1. The number of carbonyl (C=O) groups is 1. The average Bonchev–Trinajstić information content (AvgIpc) is 3.17. The molecule has 1 atom stereocenters. The summed E-state index contributed by atoms with van der Waals surface area (Å²) in [4.78, 5) is 12.2. The second-order valence-corrected chi connectivity index (χ2v) is 5.97. The van der Waals surface area contributed by atoms with Gasteiger partial charge < -0.3 is 14.5 Å². The SMILES string of the molecule is CCOc1cccc2cc(C(C)NC(=O)C3CCCC3)oc12. The standard InChI is InChI=1S/C18H23NO3/c1-3-21-15-10-6-9-14-11-16(22-17(14)15)12(2)19-18(20)13-7-4-5-8-13/h6,9-13H,3-5,7-8H2,1-2H3,(H,19,20). The van der Waals surface area contributed by atoms with Crippen LogP contribution in [-0.4, -0.2) is 12.5 Å². The zero-order valence-electron chi connectivity index (χ0n) is 13.2. The Kier molecular flexibility index (Phi) is 4.36. The van der Waals surface area contributed by atoms with Crippen LogP contribution in [0.15, 0.2) is 28.7 Å². The topological polar surface area (TPSA) is 51.5 Å². The van der Waals surface area contributed by atoms with E-state index >= 15 is 0 Å². The highest BCUT2D eigenvalue weighted by Gasteiger charge is 2.25. The van der Waals surface area contributed by atoms with Crippen LogP contribution in [0.2, 0.25) is 0 Å². The van der Waals surface area contributed by atoms with Crippen molar-refractivity contribution in [3.63, 3.8) is 0 Å². The first-order chi connectivity index (χ1) is 10.7. The quantitative estimate of drug-likeness (QED) is 0.900. The number of furan rings is 1. The molecule has 1 saturated carbocycles. The number of fused-ring (bicyclic) bond motifs is 1. The van der Waals surface area contributed by atoms with Crippen molar-refractivity contribution >= 4 is 16.9 Å². The van der Waals surface area contributed by atoms with Crippen molar-refractivity contribution in [2.75, 3.05) is 6.61 Å². The van der Waals surface area contributed by atoms with E-state index < -0.39 is 0 Å². The minimum atomic E-state index is -0.130. The van der Waals surface area contributed by atoms with E-state index in [4.69, 9.17) is 9.15 Å². The van der Waals surface area contributed by atoms with Gasteiger partial charge in [-0.15, -0.1) is 0 Å². The lowest BCUT2D eigenvalue weighted by Gasteiger charge is -2.15. The van der Waals surface area contributed by atoms with Crippen LogP contribution < -0.4 is 10.1 Å². The van der Waals surface area contributed by atoms with E-state index in [1.807, 2.05) is 38.1 Å². The molecule has 1 aromatic heterocycles. The van der Waals surface area contributed by atoms with Gasteiger partial charge in [-0.1, -0.05) is 25.0 Å². The molecule has 3 rings (SSSR count). The van der Waals surface area contributed by atoms with Gasteiger partial charge in [0.05, 0.1) is 12.6 Å². The van der Waals surface area contributed by atoms with Crippen molar-refractivity contribution in [1.29, 1.82) is 0 Å². The van der Waals surface area contributed by atoms with Gasteiger partial charge in [-0.05, 0) is 38.8 Å². The van der Waals surface area contributed by atoms with Gasteiger partial charge in [-0.25, -0.2) is 0 Å². The van der Waals surface area contributed by atoms with Crippen molar-refractivity contribution in [3.05, 3.63) is 30.0 Å². The Hall–Kier alpha value is -1.97.